The Morgan fingerprint density at radius 3 is 2.56 bits per heavy atom. The predicted molar refractivity (Wildman–Crippen MR) is 66.5 cm³/mol. The van der Waals surface area contributed by atoms with Crippen molar-refractivity contribution in [2.75, 3.05) is 12.5 Å². The lowest BCUT2D eigenvalue weighted by Crippen LogP contribution is -2.00. The van der Waals surface area contributed by atoms with Crippen LogP contribution in [0.25, 0.3) is 0 Å². The van der Waals surface area contributed by atoms with E-state index in [0.717, 1.165) is 24.2 Å². The largest absolute Gasteiger partial charge is 0.494 e. The zero-order chi connectivity index (χ0) is 11.8. The molecule has 0 aliphatic carbocycles. The molecule has 3 heteroatoms. The number of ether oxygens (including phenoxy) is 1. The number of benzene rings is 1. The first-order valence-corrected chi connectivity index (χ1v) is 6.13. The van der Waals surface area contributed by atoms with Gasteiger partial charge in [-0.05, 0) is 37.1 Å². The van der Waals surface area contributed by atoms with Crippen molar-refractivity contribution in [2.45, 2.75) is 26.2 Å². The fourth-order valence-electron chi connectivity index (χ4n) is 1.33. The summed E-state index contributed by atoms with van der Waals surface area (Å²) in [6, 6.07) is 7.29. The first-order valence-electron chi connectivity index (χ1n) is 5.60. The molecule has 0 spiro atoms. The van der Waals surface area contributed by atoms with E-state index < -0.39 is 0 Å². The molecule has 0 fully saturated rings. The summed E-state index contributed by atoms with van der Waals surface area (Å²) in [5.41, 5.74) is 0.731. The van der Waals surface area contributed by atoms with Gasteiger partial charge in [0.05, 0.1) is 6.61 Å². The molecule has 1 rings (SSSR count). The lowest BCUT2D eigenvalue weighted by molar-refractivity contribution is 0.0982. The zero-order valence-corrected chi connectivity index (χ0v) is 10.3. The summed E-state index contributed by atoms with van der Waals surface area (Å²) >= 11 is 5.54. The molecule has 88 valence electrons. The first-order chi connectivity index (χ1) is 7.77. The third-order valence-corrected chi connectivity index (χ3v) is 2.45. The highest BCUT2D eigenvalue weighted by Crippen LogP contribution is 2.14. The highest BCUT2D eigenvalue weighted by atomic mass is 35.5. The summed E-state index contributed by atoms with van der Waals surface area (Å²) in [5.74, 6) is 1.49. The number of carbonyl (C=O) groups is 1. The van der Waals surface area contributed by atoms with Gasteiger partial charge in [-0.2, -0.15) is 0 Å². The van der Waals surface area contributed by atoms with Gasteiger partial charge in [0.15, 0.2) is 5.78 Å². The van der Waals surface area contributed by atoms with Crippen LogP contribution in [0.3, 0.4) is 0 Å². The van der Waals surface area contributed by atoms with E-state index in [9.17, 15) is 4.79 Å². The molecule has 0 bridgehead atoms. The molecule has 0 N–H and O–H groups in total. The molecule has 1 aromatic carbocycles. The van der Waals surface area contributed by atoms with Crippen LogP contribution >= 0.6 is 11.6 Å². The number of hydrogen-bond donors (Lipinski definition) is 0. The van der Waals surface area contributed by atoms with Crippen molar-refractivity contribution in [3.8, 4) is 5.75 Å². The molecule has 0 saturated carbocycles. The van der Waals surface area contributed by atoms with E-state index in [1.165, 1.54) is 0 Å². The Morgan fingerprint density at radius 1 is 1.31 bits per heavy atom. The van der Waals surface area contributed by atoms with Gasteiger partial charge in [-0.1, -0.05) is 6.92 Å². The molecule has 2 nitrogen and oxygen atoms in total. The second-order valence-corrected chi connectivity index (χ2v) is 3.97. The molecule has 0 unspecified atom stereocenters. The van der Waals surface area contributed by atoms with Crippen LogP contribution in [-0.4, -0.2) is 18.3 Å². The van der Waals surface area contributed by atoms with Gasteiger partial charge in [0.25, 0.3) is 0 Å². The number of hydrogen-bond acceptors (Lipinski definition) is 2. The summed E-state index contributed by atoms with van der Waals surface area (Å²) in [6.45, 7) is 2.77. The van der Waals surface area contributed by atoms with Crippen molar-refractivity contribution in [2.24, 2.45) is 0 Å². The Bertz CT molecular complexity index is 319. The van der Waals surface area contributed by atoms with Crippen molar-refractivity contribution in [3.63, 3.8) is 0 Å². The number of alkyl halides is 1. The van der Waals surface area contributed by atoms with Crippen LogP contribution in [0.2, 0.25) is 0 Å². The second kappa shape index (κ2) is 7.29. The van der Waals surface area contributed by atoms with Gasteiger partial charge in [0, 0.05) is 17.9 Å². The molecule has 0 aliphatic heterocycles. The van der Waals surface area contributed by atoms with Crippen molar-refractivity contribution in [3.05, 3.63) is 29.8 Å². The van der Waals surface area contributed by atoms with E-state index in [0.29, 0.717) is 18.9 Å². The van der Waals surface area contributed by atoms with Gasteiger partial charge in [-0.25, -0.2) is 0 Å². The van der Waals surface area contributed by atoms with E-state index >= 15 is 0 Å². The van der Waals surface area contributed by atoms with Crippen molar-refractivity contribution >= 4 is 17.4 Å². The molecule has 0 heterocycles. The maximum Gasteiger partial charge on any atom is 0.162 e. The molecule has 0 aromatic heterocycles. The van der Waals surface area contributed by atoms with Crippen LogP contribution in [0.15, 0.2) is 24.3 Å². The average Bonchev–Trinajstić information content (AvgIpc) is 2.34. The molecule has 0 saturated heterocycles. The normalized spacial score (nSPS) is 10.1. The lowest BCUT2D eigenvalue weighted by Gasteiger charge is -2.05. The topological polar surface area (TPSA) is 26.3 Å². The smallest absolute Gasteiger partial charge is 0.162 e. The van der Waals surface area contributed by atoms with Crippen LogP contribution in [-0.2, 0) is 0 Å². The fraction of sp³-hybridized carbons (Fsp3) is 0.462. The van der Waals surface area contributed by atoms with Crippen molar-refractivity contribution in [1.82, 2.24) is 0 Å². The number of carbonyl (C=O) groups excluding carboxylic acids is 1. The maximum atomic E-state index is 11.6. The Balaban J connectivity index is 2.53. The number of rotatable bonds is 7. The van der Waals surface area contributed by atoms with Crippen molar-refractivity contribution in [1.29, 1.82) is 0 Å². The predicted octanol–water partition coefficient (Wildman–Crippen LogP) is 3.68. The number of halogens is 1. The Labute approximate surface area is 102 Å². The van der Waals surface area contributed by atoms with Gasteiger partial charge in [0.2, 0.25) is 0 Å². The van der Waals surface area contributed by atoms with Crippen LogP contribution in [0, 0.1) is 0 Å². The van der Waals surface area contributed by atoms with Gasteiger partial charge in [-0.3, -0.25) is 4.79 Å². The molecule has 0 radical (unpaired) electrons. The molecule has 1 aromatic rings. The van der Waals surface area contributed by atoms with Gasteiger partial charge >= 0.3 is 0 Å². The van der Waals surface area contributed by atoms with Gasteiger partial charge in [-0.15, -0.1) is 11.6 Å². The average molecular weight is 241 g/mol. The maximum absolute atomic E-state index is 11.6. The zero-order valence-electron chi connectivity index (χ0n) is 9.54. The van der Waals surface area contributed by atoms with E-state index in [2.05, 4.69) is 6.92 Å². The number of Topliss-reactive ketones (excluding diaryl/α,β-unsaturated/α-hetero) is 1. The van der Waals surface area contributed by atoms with Crippen LogP contribution in [0.5, 0.6) is 5.75 Å². The minimum atomic E-state index is 0.141. The molecular weight excluding hydrogens is 224 g/mol. The highest BCUT2D eigenvalue weighted by Gasteiger charge is 2.05. The summed E-state index contributed by atoms with van der Waals surface area (Å²) in [4.78, 5) is 11.6. The molecule has 16 heavy (non-hydrogen) atoms. The number of ketones is 1. The van der Waals surface area contributed by atoms with Crippen LogP contribution in [0.4, 0.5) is 0 Å². The highest BCUT2D eigenvalue weighted by molar-refractivity contribution is 6.18. The first kappa shape index (κ1) is 13.0. The Morgan fingerprint density at radius 2 is 2.00 bits per heavy atom. The molecule has 0 amide bonds. The monoisotopic (exact) mass is 240 g/mol. The minimum absolute atomic E-state index is 0.141. The molecule has 0 aliphatic rings. The van der Waals surface area contributed by atoms with E-state index in [4.69, 9.17) is 16.3 Å². The van der Waals surface area contributed by atoms with E-state index in [1.807, 2.05) is 24.3 Å². The van der Waals surface area contributed by atoms with Gasteiger partial charge < -0.3 is 4.74 Å². The third-order valence-electron chi connectivity index (χ3n) is 2.19. The quantitative estimate of drug-likeness (QED) is 0.537. The van der Waals surface area contributed by atoms with E-state index in [1.54, 1.807) is 0 Å². The molecule has 0 atom stereocenters. The Hall–Kier alpha value is -1.02. The fourth-order valence-corrected chi connectivity index (χ4v) is 1.46. The summed E-state index contributed by atoms with van der Waals surface area (Å²) < 4.78 is 5.44. The minimum Gasteiger partial charge on any atom is -0.494 e. The third kappa shape index (κ3) is 4.23. The van der Waals surface area contributed by atoms with Crippen LogP contribution in [0.1, 0.15) is 36.5 Å². The summed E-state index contributed by atoms with van der Waals surface area (Å²) in [7, 11) is 0. The lowest BCUT2D eigenvalue weighted by atomic mass is 10.1. The molecular formula is C13H17ClO2. The Kier molecular flexibility index (Phi) is 5.94. The van der Waals surface area contributed by atoms with Crippen molar-refractivity contribution < 1.29 is 9.53 Å². The summed E-state index contributed by atoms with van der Waals surface area (Å²) in [6.07, 6.45) is 2.23. The SMILES string of the molecule is CCCOc1ccc(C(=O)CCCCl)cc1. The summed E-state index contributed by atoms with van der Waals surface area (Å²) in [5, 5.41) is 0. The van der Waals surface area contributed by atoms with Crippen LogP contribution < -0.4 is 4.74 Å². The van der Waals surface area contributed by atoms with E-state index in [-0.39, 0.29) is 5.78 Å². The van der Waals surface area contributed by atoms with Gasteiger partial charge in [0.1, 0.15) is 5.75 Å². The second-order valence-electron chi connectivity index (χ2n) is 3.59. The standard InChI is InChI=1S/C13H17ClO2/c1-2-10-16-12-7-5-11(6-8-12)13(15)4-3-9-14/h5-8H,2-4,9-10H2,1H3.